The second kappa shape index (κ2) is 6.49. The van der Waals surface area contributed by atoms with Gasteiger partial charge in [-0.25, -0.2) is 4.39 Å². The van der Waals surface area contributed by atoms with Crippen LogP contribution in [0, 0.1) is 11.7 Å². The van der Waals surface area contributed by atoms with Gasteiger partial charge in [0.25, 0.3) is 0 Å². The van der Waals surface area contributed by atoms with Gasteiger partial charge in [0, 0.05) is 24.5 Å². The Bertz CT molecular complexity index is 455. The van der Waals surface area contributed by atoms with Gasteiger partial charge in [0.2, 0.25) is 0 Å². The summed E-state index contributed by atoms with van der Waals surface area (Å²) in [5.74, 6) is 0.219. The van der Waals surface area contributed by atoms with Crippen LogP contribution in [0.15, 0.2) is 18.2 Å². The third-order valence-corrected chi connectivity index (χ3v) is 3.87. The molecule has 0 atom stereocenters. The lowest BCUT2D eigenvalue weighted by Gasteiger charge is -2.34. The molecule has 104 valence electrons. The van der Waals surface area contributed by atoms with Crippen LogP contribution in [-0.4, -0.2) is 18.5 Å². The molecule has 0 aromatic heterocycles. The van der Waals surface area contributed by atoms with E-state index in [0.717, 1.165) is 19.4 Å². The normalized spacial score (nSPS) is 22.1. The van der Waals surface area contributed by atoms with Crippen LogP contribution in [0.5, 0.6) is 0 Å². The van der Waals surface area contributed by atoms with E-state index in [1.54, 1.807) is 6.07 Å². The molecular weight excluding hydrogens is 267 g/mol. The summed E-state index contributed by atoms with van der Waals surface area (Å²) in [6.45, 7) is 2.71. The van der Waals surface area contributed by atoms with Crippen molar-refractivity contribution in [2.45, 2.75) is 38.7 Å². The molecule has 4 heteroatoms. The van der Waals surface area contributed by atoms with Crippen molar-refractivity contribution in [3.63, 3.8) is 0 Å². The zero-order chi connectivity index (χ0) is 13.8. The third-order valence-electron chi connectivity index (χ3n) is 3.51. The molecule has 1 aliphatic carbocycles. The first-order valence-electron chi connectivity index (χ1n) is 6.65. The minimum atomic E-state index is -0.375. The fraction of sp³-hybridized carbons (Fsp3) is 0.533. The molecule has 1 saturated carbocycles. The molecule has 2 rings (SSSR count). The molecule has 19 heavy (non-hydrogen) atoms. The largest absolute Gasteiger partial charge is 0.378 e. The average molecular weight is 285 g/mol. The molecule has 0 aliphatic heterocycles. The van der Waals surface area contributed by atoms with Crippen molar-refractivity contribution in [3.8, 4) is 0 Å². The number of hydrogen-bond acceptors (Lipinski definition) is 2. The van der Waals surface area contributed by atoms with Gasteiger partial charge in [0.05, 0.1) is 6.10 Å². The SMILES string of the molecule is CCOC1CC(CC(=O)Cc2ccc(F)cc2Cl)C1. The first kappa shape index (κ1) is 14.5. The Kier molecular flexibility index (Phi) is 4.94. The molecule has 0 spiro atoms. The summed E-state index contributed by atoms with van der Waals surface area (Å²) in [6, 6.07) is 4.17. The smallest absolute Gasteiger partial charge is 0.137 e. The van der Waals surface area contributed by atoms with E-state index in [0.29, 0.717) is 29.0 Å². The lowest BCUT2D eigenvalue weighted by Crippen LogP contribution is -2.33. The molecule has 0 radical (unpaired) electrons. The Morgan fingerprint density at radius 2 is 2.21 bits per heavy atom. The van der Waals surface area contributed by atoms with E-state index in [1.807, 2.05) is 6.92 Å². The first-order valence-corrected chi connectivity index (χ1v) is 7.03. The van der Waals surface area contributed by atoms with E-state index in [4.69, 9.17) is 16.3 Å². The number of carbonyl (C=O) groups excluding carboxylic acids is 1. The topological polar surface area (TPSA) is 26.3 Å². The van der Waals surface area contributed by atoms with Gasteiger partial charge in [-0.05, 0) is 43.4 Å². The second-order valence-corrected chi connectivity index (χ2v) is 5.48. The van der Waals surface area contributed by atoms with Crippen LogP contribution >= 0.6 is 11.6 Å². The van der Waals surface area contributed by atoms with Gasteiger partial charge >= 0.3 is 0 Å². The third kappa shape index (κ3) is 4.02. The monoisotopic (exact) mass is 284 g/mol. The number of benzene rings is 1. The fourth-order valence-corrected chi connectivity index (χ4v) is 2.72. The van der Waals surface area contributed by atoms with Gasteiger partial charge in [-0.15, -0.1) is 0 Å². The molecule has 0 heterocycles. The van der Waals surface area contributed by atoms with E-state index in [-0.39, 0.29) is 18.0 Å². The minimum absolute atomic E-state index is 0.161. The van der Waals surface area contributed by atoms with Crippen LogP contribution in [-0.2, 0) is 16.0 Å². The Labute approximate surface area is 117 Å². The van der Waals surface area contributed by atoms with Gasteiger partial charge in [-0.2, -0.15) is 0 Å². The highest BCUT2D eigenvalue weighted by atomic mass is 35.5. The van der Waals surface area contributed by atoms with Crippen molar-refractivity contribution in [2.75, 3.05) is 6.61 Å². The second-order valence-electron chi connectivity index (χ2n) is 5.07. The number of halogens is 2. The first-order chi connectivity index (χ1) is 9.08. The van der Waals surface area contributed by atoms with Gasteiger partial charge in [-0.3, -0.25) is 4.79 Å². The van der Waals surface area contributed by atoms with Gasteiger partial charge < -0.3 is 4.74 Å². The van der Waals surface area contributed by atoms with E-state index in [9.17, 15) is 9.18 Å². The fourth-order valence-electron chi connectivity index (χ4n) is 2.48. The van der Waals surface area contributed by atoms with Gasteiger partial charge in [-0.1, -0.05) is 17.7 Å². The summed E-state index contributed by atoms with van der Waals surface area (Å²) < 4.78 is 18.4. The summed E-state index contributed by atoms with van der Waals surface area (Å²) in [5, 5.41) is 0.328. The lowest BCUT2D eigenvalue weighted by molar-refractivity contribution is -0.121. The average Bonchev–Trinajstić information content (AvgIpc) is 2.30. The summed E-state index contributed by atoms with van der Waals surface area (Å²) in [6.07, 6.45) is 3.12. The van der Waals surface area contributed by atoms with E-state index >= 15 is 0 Å². The Hall–Kier alpha value is -0.930. The van der Waals surface area contributed by atoms with E-state index in [2.05, 4.69) is 0 Å². The molecule has 0 bridgehead atoms. The van der Waals surface area contributed by atoms with Crippen molar-refractivity contribution >= 4 is 17.4 Å². The predicted molar refractivity (Wildman–Crippen MR) is 72.9 cm³/mol. The van der Waals surface area contributed by atoms with Crippen LogP contribution in [0.1, 0.15) is 31.7 Å². The van der Waals surface area contributed by atoms with E-state index < -0.39 is 0 Å². The number of ether oxygens (including phenoxy) is 1. The number of Topliss-reactive ketones (excluding diaryl/α,β-unsaturated/α-hetero) is 1. The van der Waals surface area contributed by atoms with Crippen molar-refractivity contribution in [3.05, 3.63) is 34.6 Å². The highest BCUT2D eigenvalue weighted by Crippen LogP contribution is 2.33. The molecule has 1 aromatic carbocycles. The molecule has 0 saturated heterocycles. The Balaban J connectivity index is 1.79. The summed E-state index contributed by atoms with van der Waals surface area (Å²) in [5.41, 5.74) is 0.703. The highest BCUT2D eigenvalue weighted by Gasteiger charge is 2.30. The molecule has 0 unspecified atom stereocenters. The summed E-state index contributed by atoms with van der Waals surface area (Å²) in [7, 11) is 0. The van der Waals surface area contributed by atoms with Crippen LogP contribution in [0.25, 0.3) is 0 Å². The molecule has 2 nitrogen and oxygen atoms in total. The highest BCUT2D eigenvalue weighted by molar-refractivity contribution is 6.31. The molecule has 1 aromatic rings. The maximum absolute atomic E-state index is 12.9. The predicted octanol–water partition coefficient (Wildman–Crippen LogP) is 3.80. The minimum Gasteiger partial charge on any atom is -0.378 e. The maximum atomic E-state index is 12.9. The number of rotatable bonds is 6. The summed E-state index contributed by atoms with van der Waals surface area (Å²) in [4.78, 5) is 11.9. The Morgan fingerprint density at radius 3 is 2.84 bits per heavy atom. The zero-order valence-electron chi connectivity index (χ0n) is 11.0. The zero-order valence-corrected chi connectivity index (χ0v) is 11.8. The van der Waals surface area contributed by atoms with Crippen molar-refractivity contribution < 1.29 is 13.9 Å². The number of hydrogen-bond donors (Lipinski definition) is 0. The standard InChI is InChI=1S/C15H18ClFO2/c1-2-19-14-6-10(7-14)5-13(18)8-11-3-4-12(17)9-15(11)16/h3-4,9-10,14H,2,5-8H2,1H3. The van der Waals surface area contributed by atoms with Crippen LogP contribution < -0.4 is 0 Å². The summed E-state index contributed by atoms with van der Waals surface area (Å²) >= 11 is 5.91. The molecule has 0 N–H and O–H groups in total. The molecule has 1 aliphatic rings. The molecule has 0 amide bonds. The number of carbonyl (C=O) groups is 1. The lowest BCUT2D eigenvalue weighted by atomic mass is 9.78. The van der Waals surface area contributed by atoms with Crippen molar-refractivity contribution in [1.29, 1.82) is 0 Å². The van der Waals surface area contributed by atoms with Crippen LogP contribution in [0.2, 0.25) is 5.02 Å². The quantitative estimate of drug-likeness (QED) is 0.794. The van der Waals surface area contributed by atoms with Gasteiger partial charge in [0.1, 0.15) is 11.6 Å². The molecular formula is C15H18ClFO2. The Morgan fingerprint density at radius 1 is 1.47 bits per heavy atom. The van der Waals surface area contributed by atoms with Crippen LogP contribution in [0.4, 0.5) is 4.39 Å². The van der Waals surface area contributed by atoms with E-state index in [1.165, 1.54) is 12.1 Å². The maximum Gasteiger partial charge on any atom is 0.137 e. The van der Waals surface area contributed by atoms with Crippen LogP contribution in [0.3, 0.4) is 0 Å². The van der Waals surface area contributed by atoms with Gasteiger partial charge in [0.15, 0.2) is 0 Å². The van der Waals surface area contributed by atoms with Crippen molar-refractivity contribution in [1.82, 2.24) is 0 Å². The number of ketones is 1. The molecule has 1 fully saturated rings. The van der Waals surface area contributed by atoms with Crippen molar-refractivity contribution in [2.24, 2.45) is 5.92 Å².